The van der Waals surface area contributed by atoms with E-state index in [4.69, 9.17) is 4.74 Å². The number of carboxylic acids is 1. The van der Waals surface area contributed by atoms with Crippen molar-refractivity contribution >= 4 is 24.5 Å². The van der Waals surface area contributed by atoms with Gasteiger partial charge in [0.15, 0.2) is 0 Å². The Kier molecular flexibility index (Phi) is 7.01. The van der Waals surface area contributed by atoms with Crippen molar-refractivity contribution < 1.29 is 24.9 Å². The zero-order valence-corrected chi connectivity index (χ0v) is 15.9. The van der Waals surface area contributed by atoms with Crippen LogP contribution in [0.25, 0.3) is 11.1 Å². The predicted molar refractivity (Wildman–Crippen MR) is 107 cm³/mol. The molecule has 1 aliphatic carbocycles. The number of ether oxygens (including phenoxy) is 1. The molecule has 4 N–H and O–H groups in total. The van der Waals surface area contributed by atoms with E-state index in [1.165, 1.54) is 4.90 Å². The lowest BCUT2D eigenvalue weighted by atomic mass is 9.98. The van der Waals surface area contributed by atoms with Crippen molar-refractivity contribution in [2.45, 2.75) is 12.0 Å². The number of nitrogens with one attached hydrogen (secondary N) is 1. The molecule has 0 aromatic heterocycles. The predicted octanol–water partition coefficient (Wildman–Crippen LogP) is 1.89. The zero-order chi connectivity index (χ0) is 18.1. The van der Waals surface area contributed by atoms with Gasteiger partial charge in [-0.05, 0) is 22.3 Å². The molecule has 2 aromatic rings. The number of carbonyl (C=O) groups excluding carboxylic acids is 1. The van der Waals surface area contributed by atoms with Crippen molar-refractivity contribution in [2.24, 2.45) is 0 Å². The van der Waals surface area contributed by atoms with E-state index in [1.807, 2.05) is 24.3 Å². The maximum Gasteiger partial charge on any atom is 0.410 e. The average molecular weight is 407 g/mol. The van der Waals surface area contributed by atoms with Crippen molar-refractivity contribution in [1.29, 1.82) is 0 Å². The Morgan fingerprint density at radius 3 is 2.21 bits per heavy atom. The minimum absolute atomic E-state index is 0. The number of piperazine rings is 1. The highest BCUT2D eigenvalue weighted by Gasteiger charge is 2.34. The van der Waals surface area contributed by atoms with E-state index >= 15 is 0 Å². The van der Waals surface area contributed by atoms with E-state index in [-0.39, 0.29) is 37.0 Å². The molecular weight excluding hydrogens is 384 g/mol. The number of benzene rings is 2. The van der Waals surface area contributed by atoms with Gasteiger partial charge in [0.1, 0.15) is 12.6 Å². The second kappa shape index (κ2) is 9.05. The van der Waals surface area contributed by atoms with Crippen LogP contribution >= 0.6 is 12.4 Å². The van der Waals surface area contributed by atoms with Crippen LogP contribution in [0.1, 0.15) is 17.0 Å². The highest BCUT2D eigenvalue weighted by atomic mass is 35.5. The van der Waals surface area contributed by atoms with E-state index in [0.717, 1.165) is 22.3 Å². The molecule has 8 heteroatoms. The third-order valence-corrected chi connectivity index (χ3v) is 5.10. The maximum absolute atomic E-state index is 12.5. The number of amides is 1. The van der Waals surface area contributed by atoms with E-state index in [2.05, 4.69) is 29.6 Å². The fourth-order valence-corrected chi connectivity index (χ4v) is 3.82. The highest BCUT2D eigenvalue weighted by molar-refractivity contribution is 5.85. The Hall–Kier alpha value is -2.61. The van der Waals surface area contributed by atoms with Crippen molar-refractivity contribution in [3.63, 3.8) is 0 Å². The molecule has 150 valence electrons. The van der Waals surface area contributed by atoms with Crippen LogP contribution in [0.4, 0.5) is 4.79 Å². The van der Waals surface area contributed by atoms with Gasteiger partial charge >= 0.3 is 12.1 Å². The van der Waals surface area contributed by atoms with Gasteiger partial charge in [-0.25, -0.2) is 9.59 Å². The molecule has 7 nitrogen and oxygen atoms in total. The van der Waals surface area contributed by atoms with Crippen LogP contribution in [0.3, 0.4) is 0 Å². The molecule has 1 fully saturated rings. The minimum atomic E-state index is -1.02. The van der Waals surface area contributed by atoms with E-state index in [0.29, 0.717) is 13.1 Å². The number of hydrogen-bond acceptors (Lipinski definition) is 4. The van der Waals surface area contributed by atoms with Crippen LogP contribution in [-0.4, -0.2) is 59.8 Å². The number of rotatable bonds is 3. The van der Waals surface area contributed by atoms with Gasteiger partial charge in [-0.1, -0.05) is 48.5 Å². The molecular formula is C20H23ClN2O5. The van der Waals surface area contributed by atoms with Crippen LogP contribution < -0.4 is 5.32 Å². The average Bonchev–Trinajstić information content (AvgIpc) is 3.00. The summed E-state index contributed by atoms with van der Waals surface area (Å²) in [5.41, 5.74) is 4.60. The quantitative estimate of drug-likeness (QED) is 0.808. The molecule has 1 amide bonds. The smallest absolute Gasteiger partial charge is 0.410 e. The molecule has 2 aromatic carbocycles. The molecule has 1 saturated heterocycles. The third kappa shape index (κ3) is 3.82. The largest absolute Gasteiger partial charge is 0.480 e. The fraction of sp³-hybridized carbons (Fsp3) is 0.300. The van der Waals surface area contributed by atoms with Crippen LogP contribution in [0.2, 0.25) is 0 Å². The molecule has 0 radical (unpaired) electrons. The number of hydrogen-bond donors (Lipinski definition) is 2. The van der Waals surface area contributed by atoms with Gasteiger partial charge in [-0.2, -0.15) is 0 Å². The monoisotopic (exact) mass is 406 g/mol. The van der Waals surface area contributed by atoms with Gasteiger partial charge in [0.05, 0.1) is 0 Å². The Morgan fingerprint density at radius 2 is 1.64 bits per heavy atom. The second-order valence-electron chi connectivity index (χ2n) is 6.56. The summed E-state index contributed by atoms with van der Waals surface area (Å²) >= 11 is 0. The van der Waals surface area contributed by atoms with Crippen molar-refractivity contribution in [3.8, 4) is 11.1 Å². The van der Waals surface area contributed by atoms with Crippen LogP contribution in [-0.2, 0) is 9.53 Å². The van der Waals surface area contributed by atoms with Gasteiger partial charge in [0, 0.05) is 25.6 Å². The Balaban J connectivity index is 0.00000140. The van der Waals surface area contributed by atoms with E-state index in [9.17, 15) is 14.7 Å². The molecule has 1 atom stereocenters. The summed E-state index contributed by atoms with van der Waals surface area (Å²) in [6.45, 7) is 1.32. The normalized spacial score (nSPS) is 17.6. The fourth-order valence-electron chi connectivity index (χ4n) is 3.82. The molecule has 0 unspecified atom stereocenters. The molecule has 2 aliphatic rings. The number of aliphatic carboxylic acids is 1. The Morgan fingerprint density at radius 1 is 1.07 bits per heavy atom. The molecule has 1 heterocycles. The zero-order valence-electron chi connectivity index (χ0n) is 15.1. The number of fused-ring (bicyclic) bond motifs is 3. The minimum Gasteiger partial charge on any atom is -0.480 e. The van der Waals surface area contributed by atoms with Crippen LogP contribution in [0.5, 0.6) is 0 Å². The summed E-state index contributed by atoms with van der Waals surface area (Å²) in [5.74, 6) is -1.05. The molecule has 0 bridgehead atoms. The lowest BCUT2D eigenvalue weighted by Crippen LogP contribution is -2.57. The summed E-state index contributed by atoms with van der Waals surface area (Å²) in [6, 6.07) is 15.3. The first-order chi connectivity index (χ1) is 12.7. The third-order valence-electron chi connectivity index (χ3n) is 5.10. The van der Waals surface area contributed by atoms with Gasteiger partial charge in [0.2, 0.25) is 0 Å². The van der Waals surface area contributed by atoms with Crippen molar-refractivity contribution in [1.82, 2.24) is 10.2 Å². The van der Waals surface area contributed by atoms with Gasteiger partial charge in [-0.3, -0.25) is 4.90 Å². The summed E-state index contributed by atoms with van der Waals surface area (Å²) in [6.07, 6.45) is -0.569. The first kappa shape index (κ1) is 21.7. The maximum atomic E-state index is 12.5. The first-order valence-electron chi connectivity index (χ1n) is 8.72. The number of carboxylic acid groups (broad SMARTS) is 1. The van der Waals surface area contributed by atoms with Crippen LogP contribution in [0.15, 0.2) is 48.5 Å². The second-order valence-corrected chi connectivity index (χ2v) is 6.56. The molecule has 28 heavy (non-hydrogen) atoms. The number of halogens is 1. The first-order valence-corrected chi connectivity index (χ1v) is 8.72. The van der Waals surface area contributed by atoms with Gasteiger partial charge in [-0.15, -0.1) is 12.4 Å². The highest BCUT2D eigenvalue weighted by Crippen LogP contribution is 2.44. The van der Waals surface area contributed by atoms with Crippen molar-refractivity contribution in [2.75, 3.05) is 26.2 Å². The topological polar surface area (TPSA) is 110 Å². The Labute approximate surface area is 169 Å². The standard InChI is InChI=1S/C20H20N2O4.ClH.H2O/c23-19(24)18-11-21-9-10-22(18)20(25)26-12-17-15-7-3-1-5-13(15)14-6-2-4-8-16(14)17;;/h1-8,17-18,21H,9-12H2,(H,23,24);1H;1H2/t18-;;/m0../s1. The summed E-state index contributed by atoms with van der Waals surface area (Å²) in [4.78, 5) is 25.2. The van der Waals surface area contributed by atoms with Gasteiger partial charge in [0.25, 0.3) is 0 Å². The van der Waals surface area contributed by atoms with Crippen molar-refractivity contribution in [3.05, 3.63) is 59.7 Å². The number of nitrogens with zero attached hydrogens (tertiary/aromatic N) is 1. The van der Waals surface area contributed by atoms with Gasteiger partial charge < -0.3 is 20.6 Å². The molecule has 0 saturated carbocycles. The Bertz CT molecular complexity index is 814. The molecule has 0 spiro atoms. The molecule has 1 aliphatic heterocycles. The van der Waals surface area contributed by atoms with E-state index in [1.54, 1.807) is 0 Å². The SMILES string of the molecule is Cl.O.O=C(O)[C@@H]1CNCCN1C(=O)OCC1c2ccccc2-c2ccccc21. The lowest BCUT2D eigenvalue weighted by molar-refractivity contribution is -0.143. The lowest BCUT2D eigenvalue weighted by Gasteiger charge is -2.32. The summed E-state index contributed by atoms with van der Waals surface area (Å²) < 4.78 is 5.56. The van der Waals surface area contributed by atoms with E-state index < -0.39 is 18.1 Å². The molecule has 4 rings (SSSR count). The summed E-state index contributed by atoms with van der Waals surface area (Å²) in [7, 11) is 0. The number of carbonyl (C=O) groups is 2. The summed E-state index contributed by atoms with van der Waals surface area (Å²) in [5, 5.41) is 12.3. The van der Waals surface area contributed by atoms with Crippen LogP contribution in [0, 0.1) is 0 Å².